The van der Waals surface area contributed by atoms with Crippen LogP contribution in [0.3, 0.4) is 0 Å². The third-order valence-electron chi connectivity index (χ3n) is 1.19. The minimum absolute atomic E-state index is 0.269. The zero-order valence-corrected chi connectivity index (χ0v) is 6.68. The molecular formula is C8H16O. The van der Waals surface area contributed by atoms with Gasteiger partial charge in [0.25, 0.3) is 0 Å². The first-order valence-corrected chi connectivity index (χ1v) is 3.37. The van der Waals surface area contributed by atoms with Crippen molar-refractivity contribution in [1.29, 1.82) is 0 Å². The van der Waals surface area contributed by atoms with Gasteiger partial charge in [0.05, 0.1) is 6.10 Å². The maximum absolute atomic E-state index is 9.22. The van der Waals surface area contributed by atoms with Crippen molar-refractivity contribution in [3.8, 4) is 0 Å². The van der Waals surface area contributed by atoms with Gasteiger partial charge in [0.15, 0.2) is 0 Å². The summed E-state index contributed by atoms with van der Waals surface area (Å²) < 4.78 is 0. The highest BCUT2D eigenvalue weighted by molar-refractivity contribution is 4.98. The van der Waals surface area contributed by atoms with Crippen molar-refractivity contribution < 1.29 is 5.11 Å². The van der Waals surface area contributed by atoms with Crippen LogP contribution in [-0.2, 0) is 0 Å². The van der Waals surface area contributed by atoms with E-state index in [9.17, 15) is 5.11 Å². The Labute approximate surface area is 57.4 Å². The Morgan fingerprint density at radius 1 is 1.33 bits per heavy atom. The molecule has 0 rings (SSSR count). The van der Waals surface area contributed by atoms with Crippen molar-refractivity contribution >= 4 is 0 Å². The fourth-order valence-electron chi connectivity index (χ4n) is 0.534. The van der Waals surface area contributed by atoms with Gasteiger partial charge in [0.2, 0.25) is 0 Å². The van der Waals surface area contributed by atoms with Crippen molar-refractivity contribution in [3.05, 3.63) is 11.6 Å². The molecule has 0 spiro atoms. The largest absolute Gasteiger partial charge is 0.389 e. The van der Waals surface area contributed by atoms with Crippen LogP contribution in [0.2, 0.25) is 0 Å². The van der Waals surface area contributed by atoms with Crippen LogP contribution in [0, 0.1) is 5.92 Å². The van der Waals surface area contributed by atoms with Gasteiger partial charge in [-0.15, -0.1) is 0 Å². The molecule has 0 aliphatic carbocycles. The van der Waals surface area contributed by atoms with Gasteiger partial charge in [-0.1, -0.05) is 25.5 Å². The number of aliphatic hydroxyl groups is 1. The molecule has 0 unspecified atom stereocenters. The topological polar surface area (TPSA) is 20.2 Å². The van der Waals surface area contributed by atoms with Crippen molar-refractivity contribution in [1.82, 2.24) is 0 Å². The average molecular weight is 128 g/mol. The molecule has 0 aliphatic heterocycles. The van der Waals surface area contributed by atoms with Gasteiger partial charge in [-0.05, 0) is 19.8 Å². The average Bonchev–Trinajstić information content (AvgIpc) is 1.63. The summed E-state index contributed by atoms with van der Waals surface area (Å²) >= 11 is 0. The van der Waals surface area contributed by atoms with Gasteiger partial charge in [-0.3, -0.25) is 0 Å². The van der Waals surface area contributed by atoms with E-state index in [1.165, 1.54) is 5.57 Å². The first-order valence-electron chi connectivity index (χ1n) is 3.37. The molecule has 54 valence electrons. The third-order valence-corrected chi connectivity index (χ3v) is 1.19. The number of rotatable bonds is 2. The van der Waals surface area contributed by atoms with E-state index in [0.717, 1.165) is 0 Å². The van der Waals surface area contributed by atoms with Crippen molar-refractivity contribution in [2.24, 2.45) is 5.92 Å². The summed E-state index contributed by atoms with van der Waals surface area (Å²) in [5.74, 6) is 0.333. The van der Waals surface area contributed by atoms with Crippen LogP contribution < -0.4 is 0 Å². The summed E-state index contributed by atoms with van der Waals surface area (Å²) in [4.78, 5) is 0. The first kappa shape index (κ1) is 8.70. The maximum atomic E-state index is 9.22. The highest BCUT2D eigenvalue weighted by Crippen LogP contribution is 2.04. The predicted molar refractivity (Wildman–Crippen MR) is 40.3 cm³/mol. The number of hydrogen-bond donors (Lipinski definition) is 1. The number of aliphatic hydroxyl groups excluding tert-OH is 1. The zero-order chi connectivity index (χ0) is 7.44. The summed E-state index contributed by atoms with van der Waals surface area (Å²) in [5.41, 5.74) is 1.18. The minimum Gasteiger partial charge on any atom is -0.389 e. The van der Waals surface area contributed by atoms with Crippen LogP contribution in [0.5, 0.6) is 0 Å². The molecule has 0 saturated heterocycles. The van der Waals surface area contributed by atoms with E-state index in [-0.39, 0.29) is 6.10 Å². The van der Waals surface area contributed by atoms with E-state index < -0.39 is 0 Å². The van der Waals surface area contributed by atoms with Crippen LogP contribution in [0.4, 0.5) is 0 Å². The van der Waals surface area contributed by atoms with Crippen LogP contribution in [0.1, 0.15) is 27.7 Å². The second-order valence-electron chi connectivity index (χ2n) is 2.98. The molecule has 0 radical (unpaired) electrons. The molecule has 1 atom stereocenters. The van der Waals surface area contributed by atoms with Gasteiger partial charge < -0.3 is 5.11 Å². The maximum Gasteiger partial charge on any atom is 0.0746 e. The SMILES string of the molecule is CC(C)=C[C@H](O)C(C)C. The monoisotopic (exact) mass is 128 g/mol. The molecule has 1 nitrogen and oxygen atoms in total. The van der Waals surface area contributed by atoms with Gasteiger partial charge in [-0.25, -0.2) is 0 Å². The van der Waals surface area contributed by atoms with Crippen LogP contribution in [0.15, 0.2) is 11.6 Å². The molecule has 0 aromatic heterocycles. The molecule has 0 amide bonds. The Kier molecular flexibility index (Phi) is 3.55. The molecule has 0 aromatic rings. The normalized spacial score (nSPS) is 13.6. The van der Waals surface area contributed by atoms with Gasteiger partial charge in [-0.2, -0.15) is 0 Å². The summed E-state index contributed by atoms with van der Waals surface area (Å²) in [5, 5.41) is 9.22. The number of allylic oxidation sites excluding steroid dienone is 1. The molecule has 0 heterocycles. The van der Waals surface area contributed by atoms with E-state index in [1.807, 2.05) is 33.8 Å². The van der Waals surface area contributed by atoms with Crippen LogP contribution >= 0.6 is 0 Å². The molecule has 0 aromatic carbocycles. The van der Waals surface area contributed by atoms with Crippen molar-refractivity contribution in [2.45, 2.75) is 33.8 Å². The molecule has 9 heavy (non-hydrogen) atoms. The van der Waals surface area contributed by atoms with Gasteiger partial charge >= 0.3 is 0 Å². The molecule has 0 fully saturated rings. The Bertz CT molecular complexity index is 99.1. The highest BCUT2D eigenvalue weighted by atomic mass is 16.3. The Morgan fingerprint density at radius 3 is 1.89 bits per heavy atom. The lowest BCUT2D eigenvalue weighted by atomic mass is 10.1. The van der Waals surface area contributed by atoms with Gasteiger partial charge in [0, 0.05) is 0 Å². The second-order valence-corrected chi connectivity index (χ2v) is 2.98. The molecular weight excluding hydrogens is 112 g/mol. The Morgan fingerprint density at radius 2 is 1.78 bits per heavy atom. The lowest BCUT2D eigenvalue weighted by Gasteiger charge is -2.09. The predicted octanol–water partition coefficient (Wildman–Crippen LogP) is 1.97. The third kappa shape index (κ3) is 4.22. The Hall–Kier alpha value is -0.300. The molecule has 0 saturated carbocycles. The van der Waals surface area contributed by atoms with Crippen molar-refractivity contribution in [2.75, 3.05) is 0 Å². The van der Waals surface area contributed by atoms with Crippen molar-refractivity contribution in [3.63, 3.8) is 0 Å². The van der Waals surface area contributed by atoms with E-state index in [2.05, 4.69) is 0 Å². The lowest BCUT2D eigenvalue weighted by Crippen LogP contribution is -2.10. The quantitative estimate of drug-likeness (QED) is 0.564. The summed E-state index contributed by atoms with van der Waals surface area (Å²) in [6.07, 6.45) is 1.61. The fourth-order valence-corrected chi connectivity index (χ4v) is 0.534. The zero-order valence-electron chi connectivity index (χ0n) is 6.68. The smallest absolute Gasteiger partial charge is 0.0746 e. The van der Waals surface area contributed by atoms with Gasteiger partial charge in [0.1, 0.15) is 0 Å². The summed E-state index contributed by atoms with van der Waals surface area (Å²) in [6, 6.07) is 0. The summed E-state index contributed by atoms with van der Waals surface area (Å²) in [7, 11) is 0. The highest BCUT2D eigenvalue weighted by Gasteiger charge is 2.03. The Balaban J connectivity index is 3.76. The molecule has 0 bridgehead atoms. The molecule has 0 aliphatic rings. The molecule has 1 N–H and O–H groups in total. The first-order chi connectivity index (χ1) is 4.04. The summed E-state index contributed by atoms with van der Waals surface area (Å²) in [6.45, 7) is 7.99. The van der Waals surface area contributed by atoms with Crippen LogP contribution in [0.25, 0.3) is 0 Å². The van der Waals surface area contributed by atoms with Crippen LogP contribution in [-0.4, -0.2) is 11.2 Å². The second kappa shape index (κ2) is 3.67. The van der Waals surface area contributed by atoms with E-state index in [4.69, 9.17) is 0 Å². The standard InChI is InChI=1S/C8H16O/c1-6(2)5-8(9)7(3)4/h5,7-9H,1-4H3/t8-/m0/s1. The molecule has 1 heteroatoms. The minimum atomic E-state index is -0.269. The van der Waals surface area contributed by atoms with E-state index in [1.54, 1.807) is 0 Å². The number of hydrogen-bond acceptors (Lipinski definition) is 1. The fraction of sp³-hybridized carbons (Fsp3) is 0.750. The lowest BCUT2D eigenvalue weighted by molar-refractivity contribution is 0.171. The van der Waals surface area contributed by atoms with E-state index >= 15 is 0 Å². The van der Waals surface area contributed by atoms with E-state index in [0.29, 0.717) is 5.92 Å².